The molecule has 17 heavy (non-hydrogen) atoms. The van der Waals surface area contributed by atoms with Gasteiger partial charge in [0.25, 0.3) is 0 Å². The molecule has 1 heterocycles. The number of hydrogen-bond donors (Lipinski definition) is 1. The molecule has 1 aromatic heterocycles. The highest BCUT2D eigenvalue weighted by Gasteiger charge is 2.08. The van der Waals surface area contributed by atoms with Gasteiger partial charge in [0.2, 0.25) is 0 Å². The van der Waals surface area contributed by atoms with E-state index in [1.165, 1.54) is 0 Å². The van der Waals surface area contributed by atoms with Crippen molar-refractivity contribution < 1.29 is 5.11 Å². The summed E-state index contributed by atoms with van der Waals surface area (Å²) >= 11 is 5.94. The zero-order valence-electron chi connectivity index (χ0n) is 9.89. The Balaban J connectivity index is 2.47. The van der Waals surface area contributed by atoms with E-state index in [0.29, 0.717) is 11.6 Å². The number of aromatic nitrogens is 1. The molecule has 3 nitrogen and oxygen atoms in total. The number of pyridine rings is 1. The van der Waals surface area contributed by atoms with Crippen molar-refractivity contribution in [2.24, 2.45) is 0 Å². The Labute approximate surface area is 106 Å². The molecule has 1 unspecified atom stereocenters. The average molecular weight is 251 g/mol. The van der Waals surface area contributed by atoms with E-state index in [-0.39, 0.29) is 6.10 Å². The van der Waals surface area contributed by atoms with Gasteiger partial charge >= 0.3 is 0 Å². The highest BCUT2D eigenvalue weighted by molar-refractivity contribution is 6.31. The smallest absolute Gasteiger partial charge is 0.0737 e. The number of anilines is 1. The first-order valence-corrected chi connectivity index (χ1v) is 5.89. The molecule has 0 fully saturated rings. The van der Waals surface area contributed by atoms with Gasteiger partial charge in [-0.2, -0.15) is 0 Å². The molecule has 0 saturated carbocycles. The summed E-state index contributed by atoms with van der Waals surface area (Å²) in [6, 6.07) is 7.60. The Morgan fingerprint density at radius 2 is 2.18 bits per heavy atom. The number of aliphatic hydroxyl groups excluding tert-OH is 1. The number of aliphatic hydroxyl groups is 1. The maximum Gasteiger partial charge on any atom is 0.0737 e. The Bertz CT molecular complexity index is 528. The molecule has 0 bridgehead atoms. The van der Waals surface area contributed by atoms with Crippen LogP contribution in [0.5, 0.6) is 0 Å². The molecule has 90 valence electrons. The van der Waals surface area contributed by atoms with Crippen LogP contribution >= 0.6 is 11.6 Å². The fourth-order valence-corrected chi connectivity index (χ4v) is 2.10. The van der Waals surface area contributed by atoms with Gasteiger partial charge in [0.1, 0.15) is 0 Å². The second-order valence-electron chi connectivity index (χ2n) is 4.22. The molecule has 1 N–H and O–H groups in total. The number of likely N-dealkylation sites (N-methyl/N-ethyl adjacent to an activating group) is 1. The molecular weight excluding hydrogens is 236 g/mol. The first-order valence-electron chi connectivity index (χ1n) is 5.51. The van der Waals surface area contributed by atoms with Gasteiger partial charge in [0.05, 0.1) is 11.6 Å². The van der Waals surface area contributed by atoms with Crippen LogP contribution < -0.4 is 4.90 Å². The summed E-state index contributed by atoms with van der Waals surface area (Å²) in [6.07, 6.45) is 1.39. The minimum Gasteiger partial charge on any atom is -0.392 e. The van der Waals surface area contributed by atoms with Crippen LogP contribution in [0, 0.1) is 0 Å². The monoisotopic (exact) mass is 250 g/mol. The minimum atomic E-state index is -0.365. The molecule has 1 aromatic carbocycles. The first kappa shape index (κ1) is 12.1. The largest absolute Gasteiger partial charge is 0.392 e. The number of hydrogen-bond acceptors (Lipinski definition) is 3. The summed E-state index contributed by atoms with van der Waals surface area (Å²) in [5.74, 6) is 0. The lowest BCUT2D eigenvalue weighted by atomic mass is 10.1. The van der Waals surface area contributed by atoms with E-state index in [4.69, 9.17) is 11.6 Å². The predicted octanol–water partition coefficient (Wildman–Crippen LogP) is 2.71. The quantitative estimate of drug-likeness (QED) is 0.910. The summed E-state index contributed by atoms with van der Waals surface area (Å²) in [4.78, 5) is 6.31. The lowest BCUT2D eigenvalue weighted by Gasteiger charge is -2.22. The Morgan fingerprint density at radius 3 is 2.88 bits per heavy atom. The Morgan fingerprint density at radius 1 is 1.41 bits per heavy atom. The molecule has 0 aliphatic heterocycles. The van der Waals surface area contributed by atoms with Crippen LogP contribution in [-0.4, -0.2) is 29.8 Å². The third-order valence-electron chi connectivity index (χ3n) is 2.63. The maximum absolute atomic E-state index is 9.42. The molecular formula is C13H15ClN2O. The van der Waals surface area contributed by atoms with Crippen LogP contribution in [0.1, 0.15) is 6.92 Å². The predicted molar refractivity (Wildman–Crippen MR) is 71.7 cm³/mol. The molecule has 0 amide bonds. The molecule has 1 atom stereocenters. The minimum absolute atomic E-state index is 0.365. The van der Waals surface area contributed by atoms with Crippen LogP contribution in [0.2, 0.25) is 5.02 Å². The number of nitrogens with zero attached hydrogens (tertiary/aromatic N) is 2. The van der Waals surface area contributed by atoms with Gasteiger partial charge in [-0.05, 0) is 31.2 Å². The average Bonchev–Trinajstić information content (AvgIpc) is 2.26. The van der Waals surface area contributed by atoms with Gasteiger partial charge in [-0.3, -0.25) is 4.98 Å². The third kappa shape index (κ3) is 2.68. The summed E-state index contributed by atoms with van der Waals surface area (Å²) in [7, 11) is 1.95. The SMILES string of the molecule is CC(O)CN(C)c1ccnc2cc(Cl)ccc12. The van der Waals surface area contributed by atoms with Crippen LogP contribution in [-0.2, 0) is 0 Å². The van der Waals surface area contributed by atoms with Crippen molar-refractivity contribution in [2.45, 2.75) is 13.0 Å². The number of rotatable bonds is 3. The molecule has 0 aliphatic rings. The van der Waals surface area contributed by atoms with E-state index < -0.39 is 0 Å². The normalized spacial score (nSPS) is 12.7. The maximum atomic E-state index is 9.42. The zero-order chi connectivity index (χ0) is 12.4. The summed E-state index contributed by atoms with van der Waals surface area (Å²) in [5.41, 5.74) is 1.92. The fourth-order valence-electron chi connectivity index (χ4n) is 1.93. The van der Waals surface area contributed by atoms with Crippen LogP contribution in [0.25, 0.3) is 10.9 Å². The van der Waals surface area contributed by atoms with Gasteiger partial charge in [-0.15, -0.1) is 0 Å². The molecule has 0 spiro atoms. The summed E-state index contributed by atoms with van der Waals surface area (Å²) < 4.78 is 0. The van der Waals surface area contributed by atoms with Crippen molar-refractivity contribution in [2.75, 3.05) is 18.5 Å². The second-order valence-corrected chi connectivity index (χ2v) is 4.66. The van der Waals surface area contributed by atoms with Crippen molar-refractivity contribution in [3.63, 3.8) is 0 Å². The van der Waals surface area contributed by atoms with Gasteiger partial charge in [0.15, 0.2) is 0 Å². The van der Waals surface area contributed by atoms with Crippen molar-refractivity contribution >= 4 is 28.2 Å². The van der Waals surface area contributed by atoms with E-state index in [2.05, 4.69) is 4.98 Å². The number of halogens is 1. The molecule has 0 aliphatic carbocycles. The zero-order valence-corrected chi connectivity index (χ0v) is 10.6. The van der Waals surface area contributed by atoms with Crippen molar-refractivity contribution in [3.8, 4) is 0 Å². The summed E-state index contributed by atoms with van der Waals surface area (Å²) in [5, 5.41) is 11.1. The van der Waals surface area contributed by atoms with Gasteiger partial charge in [-0.1, -0.05) is 11.6 Å². The number of fused-ring (bicyclic) bond motifs is 1. The third-order valence-corrected chi connectivity index (χ3v) is 2.87. The van der Waals surface area contributed by atoms with E-state index in [1.807, 2.05) is 36.2 Å². The van der Waals surface area contributed by atoms with Crippen LogP contribution in [0.15, 0.2) is 30.5 Å². The van der Waals surface area contributed by atoms with E-state index in [0.717, 1.165) is 16.6 Å². The fraction of sp³-hybridized carbons (Fsp3) is 0.308. The second kappa shape index (κ2) is 4.90. The van der Waals surface area contributed by atoms with E-state index in [1.54, 1.807) is 13.1 Å². The summed E-state index contributed by atoms with van der Waals surface area (Å²) in [6.45, 7) is 2.36. The molecule has 0 radical (unpaired) electrons. The van der Waals surface area contributed by atoms with Gasteiger partial charge in [0, 0.05) is 35.9 Å². The Hall–Kier alpha value is -1.32. The Kier molecular flexibility index (Phi) is 3.50. The van der Waals surface area contributed by atoms with Crippen molar-refractivity contribution in [1.29, 1.82) is 0 Å². The standard InChI is InChI=1S/C13H15ClN2O/c1-9(17)8-16(2)13-5-6-15-12-7-10(14)3-4-11(12)13/h3-7,9,17H,8H2,1-2H3. The topological polar surface area (TPSA) is 36.4 Å². The lowest BCUT2D eigenvalue weighted by Crippen LogP contribution is -2.27. The van der Waals surface area contributed by atoms with Gasteiger partial charge < -0.3 is 10.0 Å². The van der Waals surface area contributed by atoms with Crippen molar-refractivity contribution in [3.05, 3.63) is 35.5 Å². The molecule has 0 saturated heterocycles. The molecule has 2 aromatic rings. The first-order chi connectivity index (χ1) is 8.08. The molecule has 4 heteroatoms. The molecule has 2 rings (SSSR count). The van der Waals surface area contributed by atoms with Gasteiger partial charge in [-0.25, -0.2) is 0 Å². The highest BCUT2D eigenvalue weighted by Crippen LogP contribution is 2.26. The van der Waals surface area contributed by atoms with E-state index >= 15 is 0 Å². The lowest BCUT2D eigenvalue weighted by molar-refractivity contribution is 0.201. The van der Waals surface area contributed by atoms with E-state index in [9.17, 15) is 5.11 Å². The van der Waals surface area contributed by atoms with Crippen LogP contribution in [0.4, 0.5) is 5.69 Å². The van der Waals surface area contributed by atoms with Crippen molar-refractivity contribution in [1.82, 2.24) is 4.98 Å². The highest BCUT2D eigenvalue weighted by atomic mass is 35.5. The van der Waals surface area contributed by atoms with Crippen LogP contribution in [0.3, 0.4) is 0 Å². The number of benzene rings is 1.